The highest BCUT2D eigenvalue weighted by atomic mass is 32.1. The van der Waals surface area contributed by atoms with Crippen LogP contribution in [0.25, 0.3) is 21.3 Å². The molecule has 0 spiro atoms. The van der Waals surface area contributed by atoms with Crippen molar-refractivity contribution in [2.24, 2.45) is 0 Å². The molecule has 0 bridgehead atoms. The lowest BCUT2D eigenvalue weighted by Crippen LogP contribution is -2.29. The van der Waals surface area contributed by atoms with Gasteiger partial charge < -0.3 is 0 Å². The number of rotatable bonds is 5. The number of nitrogens with zero attached hydrogens (tertiary/aromatic N) is 2. The van der Waals surface area contributed by atoms with E-state index in [1.165, 1.54) is 11.3 Å². The molecule has 0 amide bonds. The van der Waals surface area contributed by atoms with E-state index in [2.05, 4.69) is 0 Å². The molecule has 4 nitrogen and oxygen atoms in total. The molecule has 4 aromatic rings. The minimum absolute atomic E-state index is 0.0130. The number of aryl methyl sites for hydroxylation is 3. The molecule has 158 valence electrons. The molecule has 4 rings (SSSR count). The number of hydrogen-bond acceptors (Lipinski definition) is 4. The Morgan fingerprint density at radius 2 is 1.74 bits per heavy atom. The van der Waals surface area contributed by atoms with E-state index in [0.717, 1.165) is 32.0 Å². The van der Waals surface area contributed by atoms with E-state index in [4.69, 9.17) is 4.98 Å². The van der Waals surface area contributed by atoms with Crippen LogP contribution in [0.3, 0.4) is 0 Å². The molecule has 0 atom stereocenters. The highest BCUT2D eigenvalue weighted by molar-refractivity contribution is 7.19. The Balaban J connectivity index is 1.90. The van der Waals surface area contributed by atoms with E-state index in [1.807, 2.05) is 83.1 Å². The smallest absolute Gasteiger partial charge is 0.263 e. The van der Waals surface area contributed by atoms with Crippen molar-refractivity contribution >= 4 is 27.3 Å². The van der Waals surface area contributed by atoms with Crippen LogP contribution < -0.4 is 5.56 Å². The predicted molar refractivity (Wildman–Crippen MR) is 128 cm³/mol. The van der Waals surface area contributed by atoms with Gasteiger partial charge in [0.1, 0.15) is 10.7 Å². The molecule has 0 N–H and O–H groups in total. The second-order valence-corrected chi connectivity index (χ2v) is 9.52. The Bertz CT molecular complexity index is 1350. The minimum Gasteiger partial charge on any atom is -0.292 e. The van der Waals surface area contributed by atoms with Gasteiger partial charge in [-0.05, 0) is 43.5 Å². The quantitative estimate of drug-likeness (QED) is 0.362. The number of carbonyl (C=O) groups is 1. The SMILES string of the molecule is Cc1ccc(C(=O)Cn2c(C(C)C)nc3sc(C)c(-c4ccccc4)c3c2=O)cc1C. The van der Waals surface area contributed by atoms with Crippen LogP contribution in [0.15, 0.2) is 53.3 Å². The molecule has 0 radical (unpaired) electrons. The Hall–Kier alpha value is -3.05. The highest BCUT2D eigenvalue weighted by Gasteiger charge is 2.22. The second-order valence-electron chi connectivity index (χ2n) is 8.32. The standard InChI is InChI=1S/C26H26N2O2S/c1-15(2)24-27-25-23(22(18(5)31-25)19-9-7-6-8-10-19)26(30)28(24)14-21(29)20-12-11-16(3)17(4)13-20/h6-13,15H,14H2,1-5H3. The molecule has 0 aliphatic heterocycles. The van der Waals surface area contributed by atoms with Crippen molar-refractivity contribution in [1.82, 2.24) is 9.55 Å². The zero-order valence-electron chi connectivity index (χ0n) is 18.5. The first-order valence-electron chi connectivity index (χ1n) is 10.5. The van der Waals surface area contributed by atoms with Gasteiger partial charge >= 0.3 is 0 Å². The molecule has 0 saturated heterocycles. The van der Waals surface area contributed by atoms with Crippen LogP contribution in [0.5, 0.6) is 0 Å². The lowest BCUT2D eigenvalue weighted by atomic mass is 10.0. The van der Waals surface area contributed by atoms with E-state index in [-0.39, 0.29) is 23.8 Å². The van der Waals surface area contributed by atoms with Crippen LogP contribution in [-0.4, -0.2) is 15.3 Å². The van der Waals surface area contributed by atoms with Gasteiger partial charge in [0.2, 0.25) is 0 Å². The summed E-state index contributed by atoms with van der Waals surface area (Å²) >= 11 is 1.54. The monoisotopic (exact) mass is 430 g/mol. The van der Waals surface area contributed by atoms with E-state index in [1.54, 1.807) is 4.57 Å². The zero-order chi connectivity index (χ0) is 22.3. The van der Waals surface area contributed by atoms with Gasteiger partial charge in [0, 0.05) is 21.9 Å². The minimum atomic E-state index is -0.144. The first kappa shape index (κ1) is 21.2. The lowest BCUT2D eigenvalue weighted by molar-refractivity contribution is 0.0969. The molecular formula is C26H26N2O2S. The third-order valence-electron chi connectivity index (χ3n) is 5.73. The fourth-order valence-electron chi connectivity index (χ4n) is 3.91. The Labute approximate surface area is 186 Å². The van der Waals surface area contributed by atoms with Gasteiger partial charge in [-0.15, -0.1) is 11.3 Å². The number of Topliss-reactive ketones (excluding diaryl/α,β-unsaturated/α-hetero) is 1. The first-order valence-corrected chi connectivity index (χ1v) is 11.3. The maximum absolute atomic E-state index is 13.7. The van der Waals surface area contributed by atoms with Crippen LogP contribution in [0, 0.1) is 20.8 Å². The number of carbonyl (C=O) groups excluding carboxylic acids is 1. The average Bonchev–Trinajstić information content (AvgIpc) is 3.08. The molecule has 2 aromatic heterocycles. The number of hydrogen-bond donors (Lipinski definition) is 0. The van der Waals surface area contributed by atoms with Crippen LogP contribution in [0.1, 0.15) is 52.0 Å². The molecule has 0 aliphatic carbocycles. The average molecular weight is 431 g/mol. The summed E-state index contributed by atoms with van der Waals surface area (Å²) in [6.07, 6.45) is 0. The van der Waals surface area contributed by atoms with Gasteiger partial charge in [0.25, 0.3) is 5.56 Å². The molecule has 2 heterocycles. The third-order valence-corrected chi connectivity index (χ3v) is 6.73. The fraction of sp³-hybridized carbons (Fsp3) is 0.269. The molecule has 31 heavy (non-hydrogen) atoms. The van der Waals surface area contributed by atoms with Crippen molar-refractivity contribution in [2.45, 2.75) is 47.1 Å². The summed E-state index contributed by atoms with van der Waals surface area (Å²) in [4.78, 5) is 33.5. The predicted octanol–water partition coefficient (Wildman–Crippen LogP) is 6.06. The third kappa shape index (κ3) is 3.86. The number of ketones is 1. The van der Waals surface area contributed by atoms with Crippen LogP contribution in [0.2, 0.25) is 0 Å². The van der Waals surface area contributed by atoms with Crippen LogP contribution in [0.4, 0.5) is 0 Å². The van der Waals surface area contributed by atoms with E-state index >= 15 is 0 Å². The van der Waals surface area contributed by atoms with Crippen LogP contribution in [-0.2, 0) is 6.54 Å². The van der Waals surface area contributed by atoms with Gasteiger partial charge in [-0.1, -0.05) is 56.3 Å². The molecule has 0 saturated carbocycles. The number of aromatic nitrogens is 2. The van der Waals surface area contributed by atoms with Gasteiger partial charge in [0.15, 0.2) is 5.78 Å². The lowest BCUT2D eigenvalue weighted by Gasteiger charge is -2.15. The maximum Gasteiger partial charge on any atom is 0.263 e. The van der Waals surface area contributed by atoms with Gasteiger partial charge in [-0.25, -0.2) is 4.98 Å². The topological polar surface area (TPSA) is 52.0 Å². The number of fused-ring (bicyclic) bond motifs is 1. The summed E-state index contributed by atoms with van der Waals surface area (Å²) in [7, 11) is 0. The molecular weight excluding hydrogens is 404 g/mol. The summed E-state index contributed by atoms with van der Waals surface area (Å²) in [5.41, 5.74) is 4.59. The van der Waals surface area contributed by atoms with Gasteiger partial charge in [0.05, 0.1) is 11.9 Å². The highest BCUT2D eigenvalue weighted by Crippen LogP contribution is 2.36. The number of benzene rings is 2. The zero-order valence-corrected chi connectivity index (χ0v) is 19.3. The van der Waals surface area contributed by atoms with Crippen molar-refractivity contribution in [3.8, 4) is 11.1 Å². The second kappa shape index (κ2) is 8.23. The van der Waals surface area contributed by atoms with Crippen molar-refractivity contribution in [3.63, 3.8) is 0 Å². The van der Waals surface area contributed by atoms with E-state index in [0.29, 0.717) is 16.8 Å². The molecule has 0 unspecified atom stereocenters. The van der Waals surface area contributed by atoms with Crippen molar-refractivity contribution in [2.75, 3.05) is 0 Å². The summed E-state index contributed by atoms with van der Waals surface area (Å²) in [6, 6.07) is 15.6. The van der Waals surface area contributed by atoms with E-state index < -0.39 is 0 Å². The molecule has 5 heteroatoms. The molecule has 0 aliphatic rings. The van der Waals surface area contributed by atoms with E-state index in [9.17, 15) is 9.59 Å². The molecule has 2 aromatic carbocycles. The number of thiophene rings is 1. The maximum atomic E-state index is 13.7. The first-order chi connectivity index (χ1) is 14.8. The Kier molecular flexibility index (Phi) is 5.63. The normalized spacial score (nSPS) is 11.4. The van der Waals surface area contributed by atoms with Crippen molar-refractivity contribution in [1.29, 1.82) is 0 Å². The summed E-state index contributed by atoms with van der Waals surface area (Å²) in [5, 5.41) is 0.603. The summed E-state index contributed by atoms with van der Waals surface area (Å²) in [6.45, 7) is 10.0. The van der Waals surface area contributed by atoms with Crippen molar-refractivity contribution < 1.29 is 4.79 Å². The summed E-state index contributed by atoms with van der Waals surface area (Å²) < 4.78 is 1.57. The van der Waals surface area contributed by atoms with Crippen LogP contribution >= 0.6 is 11.3 Å². The Morgan fingerprint density at radius 3 is 2.39 bits per heavy atom. The largest absolute Gasteiger partial charge is 0.292 e. The molecule has 0 fully saturated rings. The van der Waals surface area contributed by atoms with Gasteiger partial charge in [-0.3, -0.25) is 14.2 Å². The summed E-state index contributed by atoms with van der Waals surface area (Å²) in [5.74, 6) is 0.587. The van der Waals surface area contributed by atoms with Crippen molar-refractivity contribution in [3.05, 3.63) is 86.3 Å². The Morgan fingerprint density at radius 1 is 1.03 bits per heavy atom. The fourth-order valence-corrected chi connectivity index (χ4v) is 4.95. The van der Waals surface area contributed by atoms with Gasteiger partial charge in [-0.2, -0.15) is 0 Å².